The van der Waals surface area contributed by atoms with Gasteiger partial charge in [0.05, 0.1) is 0 Å². The zero-order valence-electron chi connectivity index (χ0n) is 3.77. The summed E-state index contributed by atoms with van der Waals surface area (Å²) < 4.78 is 8.55. The Morgan fingerprint density at radius 2 is 1.12 bits per heavy atom. The minimum absolute atomic E-state index is 0. The predicted molar refractivity (Wildman–Crippen MR) is 7.61 cm³/mol. The molecule has 0 aliphatic rings. The van der Waals surface area contributed by atoms with Crippen LogP contribution in [-0.2, 0) is 38.4 Å². The fourth-order valence-corrected chi connectivity index (χ4v) is 0. The van der Waals surface area contributed by atoms with Crippen molar-refractivity contribution >= 4 is 7.82 Å². The molecule has 0 spiro atoms. The molecule has 47 valence electrons. The Labute approximate surface area is 79.5 Å². The summed E-state index contributed by atoms with van der Waals surface area (Å²) >= 11 is 0. The summed E-state index contributed by atoms with van der Waals surface area (Å²) in [6.45, 7) is 0. The fraction of sp³-hybridized carbons (Fsp3) is 0. The molecule has 0 atom stereocenters. The molecule has 0 saturated carbocycles. The molecule has 1 radical (unpaired) electrons. The standard InChI is InChI=1S/Co.Fe.Li.H3O4P/c;;;1-5(2,3)4/h;;;(H3,1,2,3,4)/q+2;;+1;/p-3. The first-order valence-electron chi connectivity index (χ1n) is 0.730. The second kappa shape index (κ2) is 8.73. The van der Waals surface area contributed by atoms with E-state index >= 15 is 0 Å². The van der Waals surface area contributed by atoms with Crippen LogP contribution in [-0.4, -0.2) is 0 Å². The van der Waals surface area contributed by atoms with E-state index in [0.29, 0.717) is 0 Å². The van der Waals surface area contributed by atoms with Gasteiger partial charge in [0.1, 0.15) is 0 Å². The quantitative estimate of drug-likeness (QED) is 0.298. The maximum Gasteiger partial charge on any atom is 2.00 e. The Morgan fingerprint density at radius 3 is 1.12 bits per heavy atom. The van der Waals surface area contributed by atoms with Crippen molar-refractivity contribution in [2.75, 3.05) is 0 Å². The second-order valence-electron chi connectivity index (χ2n) is 0.447. The van der Waals surface area contributed by atoms with E-state index < -0.39 is 7.82 Å². The van der Waals surface area contributed by atoms with E-state index in [1.165, 1.54) is 0 Å². The number of rotatable bonds is 0. The summed E-state index contributed by atoms with van der Waals surface area (Å²) in [6.07, 6.45) is 0. The van der Waals surface area contributed by atoms with Crippen molar-refractivity contribution in [2.45, 2.75) is 0 Å². The summed E-state index contributed by atoms with van der Waals surface area (Å²) in [5.41, 5.74) is 0. The Bertz CT molecular complexity index is 62.2. The van der Waals surface area contributed by atoms with Gasteiger partial charge in [0.2, 0.25) is 0 Å². The molecular weight excluding hydrogens is 217 g/mol. The first-order valence-corrected chi connectivity index (χ1v) is 2.19. The van der Waals surface area contributed by atoms with Crippen LogP contribution < -0.4 is 33.5 Å². The molecular formula is CoFeLiO4P. The fourth-order valence-electron chi connectivity index (χ4n) is 0. The third-order valence-electron chi connectivity index (χ3n) is 0. The van der Waals surface area contributed by atoms with E-state index in [1.54, 1.807) is 0 Å². The average Bonchev–Trinajstić information content (AvgIpc) is 0.722. The van der Waals surface area contributed by atoms with Crippen LogP contribution in [0.25, 0.3) is 0 Å². The third kappa shape index (κ3) is 117. The van der Waals surface area contributed by atoms with Gasteiger partial charge in [-0.25, -0.2) is 0 Å². The van der Waals surface area contributed by atoms with Crippen molar-refractivity contribution in [3.05, 3.63) is 0 Å². The van der Waals surface area contributed by atoms with Gasteiger partial charge in [-0.1, -0.05) is 0 Å². The van der Waals surface area contributed by atoms with E-state index in [1.807, 2.05) is 0 Å². The molecule has 8 heteroatoms. The summed E-state index contributed by atoms with van der Waals surface area (Å²) in [4.78, 5) is 25.6. The van der Waals surface area contributed by atoms with Gasteiger partial charge >= 0.3 is 35.6 Å². The van der Waals surface area contributed by atoms with E-state index in [-0.39, 0.29) is 52.7 Å². The zero-order valence-corrected chi connectivity index (χ0v) is 6.81. The normalized spacial score (nSPS) is 7.38. The minimum Gasteiger partial charge on any atom is -0.822 e. The Hall–Kier alpha value is 1.73. The average molecular weight is 217 g/mol. The monoisotopic (exact) mass is 217 g/mol. The van der Waals surface area contributed by atoms with Crippen LogP contribution in [0.2, 0.25) is 0 Å². The van der Waals surface area contributed by atoms with Gasteiger partial charge in [-0.15, -0.1) is 0 Å². The minimum atomic E-state index is -5.39. The van der Waals surface area contributed by atoms with Crippen LogP contribution in [0.15, 0.2) is 0 Å². The predicted octanol–water partition coefficient (Wildman–Crippen LogP) is -5.83. The van der Waals surface area contributed by atoms with Gasteiger partial charge in [0, 0.05) is 17.1 Å². The Balaban J connectivity index is -0.0000000267. The van der Waals surface area contributed by atoms with Crippen molar-refractivity contribution in [3.63, 3.8) is 0 Å². The summed E-state index contributed by atoms with van der Waals surface area (Å²) in [5.74, 6) is 0. The summed E-state index contributed by atoms with van der Waals surface area (Å²) in [7, 11) is -5.39. The molecule has 0 bridgehead atoms. The molecule has 0 heterocycles. The van der Waals surface area contributed by atoms with Gasteiger partial charge in [0.25, 0.3) is 0 Å². The second-order valence-corrected chi connectivity index (χ2v) is 1.34. The molecule has 0 saturated heterocycles. The number of hydrogen-bond donors (Lipinski definition) is 0. The molecule has 0 aromatic carbocycles. The Morgan fingerprint density at radius 1 is 1.12 bits per heavy atom. The van der Waals surface area contributed by atoms with Crippen LogP contribution in [0.1, 0.15) is 0 Å². The molecule has 0 amide bonds. The first-order chi connectivity index (χ1) is 2.00. The molecule has 0 aromatic heterocycles. The van der Waals surface area contributed by atoms with E-state index in [0.717, 1.165) is 0 Å². The van der Waals surface area contributed by atoms with Gasteiger partial charge < -0.3 is 19.2 Å². The smallest absolute Gasteiger partial charge is 0.822 e. The van der Waals surface area contributed by atoms with Crippen LogP contribution in [0.3, 0.4) is 0 Å². The Kier molecular flexibility index (Phi) is 24.7. The van der Waals surface area contributed by atoms with E-state index in [4.69, 9.17) is 19.2 Å². The van der Waals surface area contributed by atoms with Crippen LogP contribution in [0.5, 0.6) is 0 Å². The molecule has 0 aliphatic carbocycles. The number of phosphoric acid groups is 1. The van der Waals surface area contributed by atoms with E-state index in [2.05, 4.69) is 0 Å². The molecule has 0 N–H and O–H groups in total. The SMILES string of the molecule is O=P([O-])([O-])[O-].[Co+2].[Fe].[Li+]. The van der Waals surface area contributed by atoms with Crippen molar-refractivity contribution in [1.82, 2.24) is 0 Å². The molecule has 0 aromatic rings. The number of hydrogen-bond acceptors (Lipinski definition) is 4. The van der Waals surface area contributed by atoms with Crippen molar-refractivity contribution in [3.8, 4) is 0 Å². The zero-order chi connectivity index (χ0) is 4.50. The topological polar surface area (TPSA) is 86.2 Å². The van der Waals surface area contributed by atoms with Crippen LogP contribution in [0.4, 0.5) is 0 Å². The maximum atomic E-state index is 8.55. The maximum absolute atomic E-state index is 8.55. The van der Waals surface area contributed by atoms with Crippen LogP contribution in [0, 0.1) is 0 Å². The van der Waals surface area contributed by atoms with Crippen molar-refractivity contribution in [1.29, 1.82) is 0 Å². The molecule has 0 rings (SSSR count). The van der Waals surface area contributed by atoms with Gasteiger partial charge in [-0.3, -0.25) is 0 Å². The first kappa shape index (κ1) is 22.6. The van der Waals surface area contributed by atoms with Crippen LogP contribution >= 0.6 is 7.82 Å². The van der Waals surface area contributed by atoms with Crippen molar-refractivity contribution < 1.29 is 72.0 Å². The molecule has 4 nitrogen and oxygen atoms in total. The molecule has 0 aliphatic heterocycles. The largest absolute Gasteiger partial charge is 2.00 e. The summed E-state index contributed by atoms with van der Waals surface area (Å²) in [5, 5.41) is 0. The van der Waals surface area contributed by atoms with Gasteiger partial charge in [-0.05, 0) is 0 Å². The third-order valence-corrected chi connectivity index (χ3v) is 0. The molecule has 8 heavy (non-hydrogen) atoms. The molecule has 0 fully saturated rings. The summed E-state index contributed by atoms with van der Waals surface area (Å²) in [6, 6.07) is 0. The van der Waals surface area contributed by atoms with E-state index in [9.17, 15) is 0 Å². The van der Waals surface area contributed by atoms with Crippen molar-refractivity contribution in [2.24, 2.45) is 0 Å². The van der Waals surface area contributed by atoms with Gasteiger partial charge in [0.15, 0.2) is 0 Å². The molecule has 0 unspecified atom stereocenters. The van der Waals surface area contributed by atoms with Gasteiger partial charge in [-0.2, -0.15) is 7.82 Å².